The zero-order valence-corrected chi connectivity index (χ0v) is 8.24. The van der Waals surface area contributed by atoms with Gasteiger partial charge in [0.05, 0.1) is 5.69 Å². The van der Waals surface area contributed by atoms with E-state index in [1.165, 1.54) is 11.3 Å². The second-order valence-corrected chi connectivity index (χ2v) is 4.07. The minimum atomic E-state index is -0.0785. The van der Waals surface area contributed by atoms with Gasteiger partial charge in [0.25, 0.3) is 0 Å². The summed E-state index contributed by atoms with van der Waals surface area (Å²) in [7, 11) is 0. The number of hydrogen-bond donors (Lipinski definition) is 2. The van der Waals surface area contributed by atoms with Crippen molar-refractivity contribution in [1.82, 2.24) is 4.98 Å². The Kier molecular flexibility index (Phi) is 2.30. The first-order valence-electron chi connectivity index (χ1n) is 3.66. The van der Waals surface area contributed by atoms with Crippen LogP contribution in [0, 0.1) is 3.95 Å². The summed E-state index contributed by atoms with van der Waals surface area (Å²) in [5, 5.41) is 10.7. The molecule has 5 heteroatoms. The lowest BCUT2D eigenvalue weighted by atomic mass is 10.2. The Bertz CT molecular complexity index is 454. The Hall–Kier alpha value is -0.910. The first kappa shape index (κ1) is 8.68. The van der Waals surface area contributed by atoms with Gasteiger partial charge in [-0.2, -0.15) is 0 Å². The standard InChI is InChI=1S/C8H7NO2S2/c10-2-6-1-5(3-11-6)7-4-13-8(12)9-7/h1,3-4,10H,2H2,(H,9,12). The predicted octanol–water partition coefficient (Wildman–Crippen LogP) is 2.56. The second-order valence-electron chi connectivity index (χ2n) is 2.52. The summed E-state index contributed by atoms with van der Waals surface area (Å²) in [6.45, 7) is -0.0785. The number of aliphatic hydroxyl groups is 1. The zero-order chi connectivity index (χ0) is 9.26. The molecule has 0 aromatic carbocycles. The Morgan fingerprint density at radius 2 is 2.46 bits per heavy atom. The van der Waals surface area contributed by atoms with Crippen LogP contribution in [0.4, 0.5) is 0 Å². The quantitative estimate of drug-likeness (QED) is 0.754. The van der Waals surface area contributed by atoms with Gasteiger partial charge in [-0.3, -0.25) is 0 Å². The van der Waals surface area contributed by atoms with E-state index in [1.807, 2.05) is 5.38 Å². The third-order valence-electron chi connectivity index (χ3n) is 1.64. The molecule has 0 spiro atoms. The number of thiazole rings is 1. The molecule has 0 aliphatic rings. The van der Waals surface area contributed by atoms with Gasteiger partial charge in [-0.15, -0.1) is 11.3 Å². The molecule has 68 valence electrons. The maximum atomic E-state index is 8.78. The molecule has 0 amide bonds. The molecule has 0 atom stereocenters. The highest BCUT2D eigenvalue weighted by Crippen LogP contribution is 2.22. The van der Waals surface area contributed by atoms with Crippen molar-refractivity contribution in [2.24, 2.45) is 0 Å². The summed E-state index contributed by atoms with van der Waals surface area (Å²) in [5.41, 5.74) is 1.84. The molecule has 2 N–H and O–H groups in total. The van der Waals surface area contributed by atoms with E-state index in [2.05, 4.69) is 4.98 Å². The van der Waals surface area contributed by atoms with Crippen molar-refractivity contribution < 1.29 is 9.52 Å². The van der Waals surface area contributed by atoms with Gasteiger partial charge in [0.1, 0.15) is 18.6 Å². The lowest BCUT2D eigenvalue weighted by Crippen LogP contribution is -1.75. The van der Waals surface area contributed by atoms with Crippen LogP contribution in [0.2, 0.25) is 0 Å². The van der Waals surface area contributed by atoms with Gasteiger partial charge in [0.15, 0.2) is 3.95 Å². The highest BCUT2D eigenvalue weighted by molar-refractivity contribution is 7.73. The number of nitrogens with one attached hydrogen (secondary N) is 1. The van der Waals surface area contributed by atoms with Crippen LogP contribution in [0.25, 0.3) is 11.3 Å². The van der Waals surface area contributed by atoms with Crippen molar-refractivity contribution in [2.45, 2.75) is 6.61 Å². The Labute approximate surface area is 83.7 Å². The summed E-state index contributed by atoms with van der Waals surface area (Å²) in [5.74, 6) is 0.556. The Balaban J connectivity index is 2.40. The summed E-state index contributed by atoms with van der Waals surface area (Å²) in [6, 6.07) is 1.79. The van der Waals surface area contributed by atoms with Crippen LogP contribution in [0.3, 0.4) is 0 Å². The van der Waals surface area contributed by atoms with E-state index in [4.69, 9.17) is 21.7 Å². The first-order chi connectivity index (χ1) is 6.29. The molecular weight excluding hydrogens is 206 g/mol. The van der Waals surface area contributed by atoms with Crippen LogP contribution in [0.1, 0.15) is 5.76 Å². The van der Waals surface area contributed by atoms with E-state index in [0.29, 0.717) is 5.76 Å². The van der Waals surface area contributed by atoms with E-state index in [0.717, 1.165) is 15.2 Å². The summed E-state index contributed by atoms with van der Waals surface area (Å²) < 4.78 is 5.82. The number of aromatic amines is 1. The number of aliphatic hydroxyl groups excluding tert-OH is 1. The van der Waals surface area contributed by atoms with Crippen LogP contribution in [0.5, 0.6) is 0 Å². The van der Waals surface area contributed by atoms with E-state index < -0.39 is 0 Å². The van der Waals surface area contributed by atoms with Crippen molar-refractivity contribution in [3.8, 4) is 11.3 Å². The molecular formula is C8H7NO2S2. The topological polar surface area (TPSA) is 49.2 Å². The molecule has 2 rings (SSSR count). The molecule has 0 saturated carbocycles. The third kappa shape index (κ3) is 1.72. The van der Waals surface area contributed by atoms with Crippen LogP contribution >= 0.6 is 23.6 Å². The van der Waals surface area contributed by atoms with Crippen molar-refractivity contribution in [1.29, 1.82) is 0 Å². The third-order valence-corrected chi connectivity index (χ3v) is 2.70. The lowest BCUT2D eigenvalue weighted by Gasteiger charge is -1.85. The fraction of sp³-hybridized carbons (Fsp3) is 0.125. The van der Waals surface area contributed by atoms with Crippen molar-refractivity contribution in [2.75, 3.05) is 0 Å². The molecule has 0 bridgehead atoms. The molecule has 0 aliphatic carbocycles. The van der Waals surface area contributed by atoms with Crippen molar-refractivity contribution in [3.63, 3.8) is 0 Å². The van der Waals surface area contributed by atoms with Crippen molar-refractivity contribution >= 4 is 23.6 Å². The second kappa shape index (κ2) is 3.45. The van der Waals surface area contributed by atoms with Gasteiger partial charge >= 0.3 is 0 Å². The zero-order valence-electron chi connectivity index (χ0n) is 6.61. The van der Waals surface area contributed by atoms with E-state index in [9.17, 15) is 0 Å². The number of rotatable bonds is 2. The minimum absolute atomic E-state index is 0.0785. The summed E-state index contributed by atoms with van der Waals surface area (Å²) >= 11 is 6.42. The monoisotopic (exact) mass is 213 g/mol. The molecule has 0 saturated heterocycles. The van der Waals surface area contributed by atoms with Crippen LogP contribution in [-0.4, -0.2) is 10.1 Å². The highest BCUT2D eigenvalue weighted by Gasteiger charge is 2.03. The molecule has 2 aromatic heterocycles. The molecule has 13 heavy (non-hydrogen) atoms. The number of aromatic nitrogens is 1. The van der Waals surface area contributed by atoms with Crippen molar-refractivity contribution in [3.05, 3.63) is 27.4 Å². The lowest BCUT2D eigenvalue weighted by molar-refractivity contribution is 0.247. The molecule has 0 aliphatic heterocycles. The number of hydrogen-bond acceptors (Lipinski definition) is 4. The Morgan fingerprint density at radius 3 is 3.00 bits per heavy atom. The number of H-pyrrole nitrogens is 1. The molecule has 0 radical (unpaired) electrons. The molecule has 0 fully saturated rings. The van der Waals surface area contributed by atoms with Gasteiger partial charge < -0.3 is 14.5 Å². The van der Waals surface area contributed by atoms with Gasteiger partial charge in [-0.05, 0) is 18.3 Å². The van der Waals surface area contributed by atoms with Crippen LogP contribution < -0.4 is 0 Å². The molecule has 2 heterocycles. The van der Waals surface area contributed by atoms with E-state index >= 15 is 0 Å². The van der Waals surface area contributed by atoms with Crippen LogP contribution in [0.15, 0.2) is 22.1 Å². The number of furan rings is 1. The first-order valence-corrected chi connectivity index (χ1v) is 4.95. The largest absolute Gasteiger partial charge is 0.466 e. The molecule has 3 nitrogen and oxygen atoms in total. The highest BCUT2D eigenvalue weighted by atomic mass is 32.1. The fourth-order valence-electron chi connectivity index (χ4n) is 1.03. The maximum Gasteiger partial charge on any atom is 0.158 e. The smallest absolute Gasteiger partial charge is 0.158 e. The normalized spacial score (nSPS) is 10.5. The fourth-order valence-corrected chi connectivity index (χ4v) is 1.87. The summed E-state index contributed by atoms with van der Waals surface area (Å²) in [4.78, 5) is 3.02. The Morgan fingerprint density at radius 1 is 1.62 bits per heavy atom. The molecule has 2 aromatic rings. The van der Waals surface area contributed by atoms with Gasteiger partial charge in [-0.1, -0.05) is 0 Å². The SMILES string of the molecule is OCc1cc(-c2csc(=S)[nH]2)co1. The average molecular weight is 213 g/mol. The van der Waals surface area contributed by atoms with E-state index in [-0.39, 0.29) is 6.61 Å². The maximum absolute atomic E-state index is 8.78. The van der Waals surface area contributed by atoms with E-state index in [1.54, 1.807) is 12.3 Å². The summed E-state index contributed by atoms with van der Waals surface area (Å²) in [6.07, 6.45) is 1.60. The van der Waals surface area contributed by atoms with Gasteiger partial charge in [-0.25, -0.2) is 0 Å². The van der Waals surface area contributed by atoms with Crippen LogP contribution in [-0.2, 0) is 6.61 Å². The van der Waals surface area contributed by atoms with Gasteiger partial charge in [0.2, 0.25) is 0 Å². The molecule has 0 unspecified atom stereocenters. The average Bonchev–Trinajstić information content (AvgIpc) is 2.71. The van der Waals surface area contributed by atoms with Gasteiger partial charge in [0, 0.05) is 10.9 Å². The minimum Gasteiger partial charge on any atom is -0.466 e. The predicted molar refractivity (Wildman–Crippen MR) is 53.1 cm³/mol.